The molecule has 1 atom stereocenters. The van der Waals surface area contributed by atoms with E-state index in [2.05, 4.69) is 9.97 Å². The minimum Gasteiger partial charge on any atom is -0.368 e. The number of aromatic nitrogens is 2. The number of halogens is 3. The van der Waals surface area contributed by atoms with Crippen LogP contribution >= 0.6 is 0 Å². The Morgan fingerprint density at radius 1 is 1.25 bits per heavy atom. The lowest BCUT2D eigenvalue weighted by molar-refractivity contribution is -0.141. The zero-order valence-corrected chi connectivity index (χ0v) is 13.3. The Hall–Kier alpha value is -1.90. The van der Waals surface area contributed by atoms with Crippen LogP contribution < -0.4 is 4.90 Å². The number of amides is 1. The normalized spacial score (nSPS) is 22.1. The number of carbonyl (C=O) groups excluding carboxylic acids is 1. The highest BCUT2D eigenvalue weighted by molar-refractivity contribution is 5.81. The SMILES string of the molecule is Cc1nc(N2CCN(C(=O)C3CCCO3)CC2)cc(C(F)(F)F)n1. The Morgan fingerprint density at radius 3 is 2.54 bits per heavy atom. The van der Waals surface area contributed by atoms with Crippen molar-refractivity contribution in [1.82, 2.24) is 14.9 Å². The predicted molar refractivity (Wildman–Crippen MR) is 79.5 cm³/mol. The first-order chi connectivity index (χ1) is 11.3. The fourth-order valence-corrected chi connectivity index (χ4v) is 2.99. The standard InChI is InChI=1S/C15H19F3N4O2/c1-10-19-12(15(16,17)18)9-13(20-10)21-4-6-22(7-5-21)14(23)11-3-2-8-24-11/h9,11H,2-8H2,1H3. The van der Waals surface area contributed by atoms with Crippen molar-refractivity contribution in [2.45, 2.75) is 32.0 Å². The molecular formula is C15H19F3N4O2. The molecule has 0 spiro atoms. The van der Waals surface area contributed by atoms with Crippen LogP contribution in [0.1, 0.15) is 24.4 Å². The van der Waals surface area contributed by atoms with Crippen molar-refractivity contribution in [1.29, 1.82) is 0 Å². The Labute approximate surface area is 137 Å². The first-order valence-corrected chi connectivity index (χ1v) is 7.93. The van der Waals surface area contributed by atoms with Gasteiger partial charge < -0.3 is 14.5 Å². The van der Waals surface area contributed by atoms with Gasteiger partial charge in [-0.3, -0.25) is 4.79 Å². The molecule has 0 saturated carbocycles. The topological polar surface area (TPSA) is 58.6 Å². The van der Waals surface area contributed by atoms with Crippen LogP contribution in [0.3, 0.4) is 0 Å². The molecule has 2 saturated heterocycles. The number of piperazine rings is 1. The van der Waals surface area contributed by atoms with E-state index in [4.69, 9.17) is 4.74 Å². The van der Waals surface area contributed by atoms with Crippen LogP contribution in [0.5, 0.6) is 0 Å². The zero-order valence-electron chi connectivity index (χ0n) is 13.3. The number of nitrogens with zero attached hydrogens (tertiary/aromatic N) is 4. The van der Waals surface area contributed by atoms with Crippen molar-refractivity contribution >= 4 is 11.7 Å². The van der Waals surface area contributed by atoms with Crippen molar-refractivity contribution in [3.05, 3.63) is 17.6 Å². The van der Waals surface area contributed by atoms with E-state index in [1.165, 1.54) is 6.92 Å². The molecule has 6 nitrogen and oxygen atoms in total. The third-order valence-corrected chi connectivity index (χ3v) is 4.24. The van der Waals surface area contributed by atoms with Gasteiger partial charge in [0.05, 0.1) is 0 Å². The monoisotopic (exact) mass is 344 g/mol. The summed E-state index contributed by atoms with van der Waals surface area (Å²) in [5.74, 6) is 0.304. The molecular weight excluding hydrogens is 325 g/mol. The van der Waals surface area contributed by atoms with Gasteiger partial charge >= 0.3 is 6.18 Å². The highest BCUT2D eigenvalue weighted by atomic mass is 19.4. The van der Waals surface area contributed by atoms with Gasteiger partial charge in [-0.1, -0.05) is 0 Å². The molecule has 1 aromatic rings. The summed E-state index contributed by atoms with van der Waals surface area (Å²) in [5, 5.41) is 0. The number of alkyl halides is 3. The van der Waals surface area contributed by atoms with Gasteiger partial charge in [0.25, 0.3) is 5.91 Å². The zero-order chi connectivity index (χ0) is 17.3. The van der Waals surface area contributed by atoms with Crippen molar-refractivity contribution in [2.75, 3.05) is 37.7 Å². The summed E-state index contributed by atoms with van der Waals surface area (Å²) in [6.07, 6.45) is -3.25. The molecule has 0 bridgehead atoms. The number of rotatable bonds is 2. The van der Waals surface area contributed by atoms with Gasteiger partial charge in [-0.15, -0.1) is 0 Å². The van der Waals surface area contributed by atoms with Crippen LogP contribution in [0.25, 0.3) is 0 Å². The lowest BCUT2D eigenvalue weighted by Crippen LogP contribution is -2.51. The molecule has 132 valence electrons. The summed E-state index contributed by atoms with van der Waals surface area (Å²) in [4.78, 5) is 23.3. The van der Waals surface area contributed by atoms with Crippen LogP contribution in [0.4, 0.5) is 19.0 Å². The molecule has 9 heteroatoms. The highest BCUT2D eigenvalue weighted by Gasteiger charge is 2.35. The number of carbonyl (C=O) groups is 1. The second kappa shape index (κ2) is 6.54. The molecule has 1 unspecified atom stereocenters. The van der Waals surface area contributed by atoms with Gasteiger partial charge in [-0.05, 0) is 19.8 Å². The summed E-state index contributed by atoms with van der Waals surface area (Å²) in [6.45, 7) is 3.82. The maximum Gasteiger partial charge on any atom is 0.433 e. The van der Waals surface area contributed by atoms with Gasteiger partial charge in [0.2, 0.25) is 0 Å². The smallest absolute Gasteiger partial charge is 0.368 e. The first kappa shape index (κ1) is 16.9. The van der Waals surface area contributed by atoms with Crippen LogP contribution in [0.2, 0.25) is 0 Å². The Bertz CT molecular complexity index is 609. The minimum absolute atomic E-state index is 0.0259. The third kappa shape index (κ3) is 3.61. The van der Waals surface area contributed by atoms with E-state index in [1.54, 1.807) is 9.80 Å². The van der Waals surface area contributed by atoms with Gasteiger partial charge in [0, 0.05) is 38.9 Å². The van der Waals surface area contributed by atoms with Crippen LogP contribution in [-0.2, 0) is 15.7 Å². The summed E-state index contributed by atoms with van der Waals surface area (Å²) in [6, 6.07) is 0.963. The molecule has 2 fully saturated rings. The van der Waals surface area contributed by atoms with Crippen LogP contribution in [0.15, 0.2) is 6.07 Å². The summed E-state index contributed by atoms with van der Waals surface area (Å²) >= 11 is 0. The number of anilines is 1. The van der Waals surface area contributed by atoms with Crippen molar-refractivity contribution in [3.63, 3.8) is 0 Å². The summed E-state index contributed by atoms with van der Waals surface area (Å²) < 4.78 is 44.0. The quantitative estimate of drug-likeness (QED) is 0.816. The predicted octanol–water partition coefficient (Wildman–Crippen LogP) is 1.63. The molecule has 3 heterocycles. The van der Waals surface area contributed by atoms with E-state index in [1.807, 2.05) is 0 Å². The molecule has 0 aliphatic carbocycles. The van der Waals surface area contributed by atoms with E-state index < -0.39 is 11.9 Å². The molecule has 3 rings (SSSR count). The van der Waals surface area contributed by atoms with Crippen LogP contribution in [0, 0.1) is 6.92 Å². The molecule has 0 aromatic carbocycles. The maximum atomic E-state index is 12.9. The number of ether oxygens (including phenoxy) is 1. The number of hydrogen-bond donors (Lipinski definition) is 0. The Balaban J connectivity index is 1.66. The third-order valence-electron chi connectivity index (χ3n) is 4.24. The summed E-state index contributed by atoms with van der Waals surface area (Å²) in [5.41, 5.74) is -0.942. The lowest BCUT2D eigenvalue weighted by Gasteiger charge is -2.36. The Morgan fingerprint density at radius 2 is 1.96 bits per heavy atom. The van der Waals surface area contributed by atoms with Gasteiger partial charge in [-0.2, -0.15) is 13.2 Å². The fraction of sp³-hybridized carbons (Fsp3) is 0.667. The highest BCUT2D eigenvalue weighted by Crippen LogP contribution is 2.30. The summed E-state index contributed by atoms with van der Waals surface area (Å²) in [7, 11) is 0. The second-order valence-corrected chi connectivity index (χ2v) is 5.97. The average Bonchev–Trinajstić information content (AvgIpc) is 3.07. The van der Waals surface area contributed by atoms with Crippen molar-refractivity contribution in [2.24, 2.45) is 0 Å². The van der Waals surface area contributed by atoms with Gasteiger partial charge in [0.1, 0.15) is 23.4 Å². The number of aryl methyl sites for hydroxylation is 1. The van der Waals surface area contributed by atoms with Crippen molar-refractivity contribution < 1.29 is 22.7 Å². The van der Waals surface area contributed by atoms with E-state index >= 15 is 0 Å². The lowest BCUT2D eigenvalue weighted by atomic mass is 10.2. The van der Waals surface area contributed by atoms with Crippen LogP contribution in [-0.4, -0.2) is 59.7 Å². The largest absolute Gasteiger partial charge is 0.433 e. The van der Waals surface area contributed by atoms with E-state index in [9.17, 15) is 18.0 Å². The molecule has 2 aliphatic heterocycles. The van der Waals surface area contributed by atoms with Gasteiger partial charge in [0.15, 0.2) is 0 Å². The van der Waals surface area contributed by atoms with Gasteiger partial charge in [-0.25, -0.2) is 9.97 Å². The van der Waals surface area contributed by atoms with E-state index in [0.29, 0.717) is 32.8 Å². The average molecular weight is 344 g/mol. The molecule has 2 aliphatic rings. The molecule has 1 aromatic heterocycles. The van der Waals surface area contributed by atoms with Crippen molar-refractivity contribution in [3.8, 4) is 0 Å². The minimum atomic E-state index is -4.50. The number of hydrogen-bond acceptors (Lipinski definition) is 5. The molecule has 1 amide bonds. The maximum absolute atomic E-state index is 12.9. The molecule has 24 heavy (non-hydrogen) atoms. The van der Waals surface area contributed by atoms with E-state index in [-0.39, 0.29) is 23.7 Å². The fourth-order valence-electron chi connectivity index (χ4n) is 2.99. The second-order valence-electron chi connectivity index (χ2n) is 5.97. The van der Waals surface area contributed by atoms with E-state index in [0.717, 1.165) is 18.9 Å². The molecule has 0 N–H and O–H groups in total. The first-order valence-electron chi connectivity index (χ1n) is 7.93. The molecule has 0 radical (unpaired) electrons. The Kier molecular flexibility index (Phi) is 4.62.